The van der Waals surface area contributed by atoms with Crippen LogP contribution in [0.4, 0.5) is 0 Å². The van der Waals surface area contributed by atoms with Crippen LogP contribution in [0.1, 0.15) is 40.5 Å². The molecule has 0 saturated carbocycles. The zero-order valence-corrected chi connectivity index (χ0v) is 13.9. The van der Waals surface area contributed by atoms with Crippen LogP contribution in [0.2, 0.25) is 0 Å². The molecule has 0 bridgehead atoms. The van der Waals surface area contributed by atoms with E-state index in [1.165, 1.54) is 0 Å². The van der Waals surface area contributed by atoms with Gasteiger partial charge in [-0.2, -0.15) is 0 Å². The van der Waals surface area contributed by atoms with E-state index in [1.807, 2.05) is 13.8 Å². The predicted octanol–water partition coefficient (Wildman–Crippen LogP) is 2.45. The first-order chi connectivity index (χ1) is 9.52. The zero-order chi connectivity index (χ0) is 15.5. The Morgan fingerprint density at radius 2 is 2.10 bits per heavy atom. The lowest BCUT2D eigenvalue weighted by molar-refractivity contribution is -0.118. The van der Waals surface area contributed by atoms with E-state index in [2.05, 4.69) is 30.6 Å². The summed E-state index contributed by atoms with van der Waals surface area (Å²) in [5.41, 5.74) is 0.646. The Bertz CT molecular complexity index is 290. The molecule has 118 valence electrons. The van der Waals surface area contributed by atoms with Gasteiger partial charge in [0.15, 0.2) is 0 Å². The van der Waals surface area contributed by atoms with Crippen LogP contribution in [0.15, 0.2) is 12.2 Å². The smallest absolute Gasteiger partial charge is 0.247 e. The molecule has 4 heteroatoms. The highest BCUT2D eigenvalue weighted by atomic mass is 16.5. The second-order valence-corrected chi connectivity index (χ2v) is 5.44. The number of piperidine rings is 1. The molecule has 0 aromatic rings. The number of likely N-dealkylation sites (tertiary alicyclic amines) is 1. The first kappa shape index (κ1) is 19.1. The van der Waals surface area contributed by atoms with Crippen molar-refractivity contribution < 1.29 is 9.53 Å². The first-order valence-electron chi connectivity index (χ1n) is 7.74. The SMILES string of the molecule is C=C(CN1CCCC(OC)C1)C(=O)NCC(C)C.CC. The standard InChI is InChI=1S/C14H26N2O2.C2H6/c1-11(2)8-15-14(17)12(3)9-16-7-5-6-13(10-16)18-4;1-2/h11,13H,3,5-10H2,1-2,4H3,(H,15,17);1-2H3. The van der Waals surface area contributed by atoms with Gasteiger partial charge in [0, 0.05) is 32.3 Å². The molecule has 0 spiro atoms. The Balaban J connectivity index is 0.00000172. The maximum Gasteiger partial charge on any atom is 0.247 e. The molecule has 1 aliphatic rings. The fourth-order valence-electron chi connectivity index (χ4n) is 2.11. The van der Waals surface area contributed by atoms with Gasteiger partial charge in [-0.25, -0.2) is 0 Å². The third kappa shape index (κ3) is 7.65. The molecule has 1 aliphatic heterocycles. The van der Waals surface area contributed by atoms with Crippen molar-refractivity contribution >= 4 is 5.91 Å². The number of methoxy groups -OCH3 is 1. The molecule has 4 nitrogen and oxygen atoms in total. The van der Waals surface area contributed by atoms with Crippen LogP contribution in [0, 0.1) is 5.92 Å². The largest absolute Gasteiger partial charge is 0.380 e. The molecule has 20 heavy (non-hydrogen) atoms. The second-order valence-electron chi connectivity index (χ2n) is 5.44. The fraction of sp³-hybridized carbons (Fsp3) is 0.812. The number of rotatable bonds is 6. The van der Waals surface area contributed by atoms with Crippen LogP contribution in [-0.4, -0.2) is 50.2 Å². The van der Waals surface area contributed by atoms with Gasteiger partial charge in [-0.15, -0.1) is 0 Å². The van der Waals surface area contributed by atoms with E-state index in [1.54, 1.807) is 7.11 Å². The number of hydrogen-bond donors (Lipinski definition) is 1. The Labute approximate surface area is 124 Å². The van der Waals surface area contributed by atoms with Gasteiger partial charge in [0.05, 0.1) is 6.10 Å². The van der Waals surface area contributed by atoms with Crippen molar-refractivity contribution in [2.24, 2.45) is 5.92 Å². The summed E-state index contributed by atoms with van der Waals surface area (Å²) < 4.78 is 5.37. The molecule has 1 unspecified atom stereocenters. The Hall–Kier alpha value is -0.870. The van der Waals surface area contributed by atoms with E-state index in [0.29, 0.717) is 30.7 Å². The highest BCUT2D eigenvalue weighted by molar-refractivity contribution is 5.93. The molecule has 0 aliphatic carbocycles. The van der Waals surface area contributed by atoms with E-state index >= 15 is 0 Å². The third-order valence-corrected chi connectivity index (χ3v) is 3.20. The monoisotopic (exact) mass is 284 g/mol. The average molecular weight is 284 g/mol. The van der Waals surface area contributed by atoms with Gasteiger partial charge in [0.25, 0.3) is 0 Å². The van der Waals surface area contributed by atoms with E-state index in [0.717, 1.165) is 25.9 Å². The average Bonchev–Trinajstić information content (AvgIpc) is 2.46. The maximum atomic E-state index is 11.8. The number of hydrogen-bond acceptors (Lipinski definition) is 3. The van der Waals surface area contributed by atoms with Crippen LogP contribution >= 0.6 is 0 Å². The molecule has 0 aromatic heterocycles. The minimum absolute atomic E-state index is 0.0248. The second kappa shape index (κ2) is 10.9. The minimum Gasteiger partial charge on any atom is -0.380 e. The van der Waals surface area contributed by atoms with Crippen LogP contribution in [0.25, 0.3) is 0 Å². The molecule has 1 amide bonds. The first-order valence-corrected chi connectivity index (χ1v) is 7.74. The van der Waals surface area contributed by atoms with Crippen LogP contribution in [-0.2, 0) is 9.53 Å². The summed E-state index contributed by atoms with van der Waals surface area (Å²) in [6, 6.07) is 0. The zero-order valence-electron chi connectivity index (χ0n) is 13.9. The molecule has 0 aromatic carbocycles. The van der Waals surface area contributed by atoms with Gasteiger partial charge in [-0.3, -0.25) is 9.69 Å². The minimum atomic E-state index is -0.0248. The quantitative estimate of drug-likeness (QED) is 0.762. The summed E-state index contributed by atoms with van der Waals surface area (Å²) >= 11 is 0. The van der Waals surface area contributed by atoms with Crippen LogP contribution < -0.4 is 5.32 Å². The van der Waals surface area contributed by atoms with E-state index in [-0.39, 0.29) is 5.91 Å². The fourth-order valence-corrected chi connectivity index (χ4v) is 2.11. The third-order valence-electron chi connectivity index (χ3n) is 3.20. The Kier molecular flexibility index (Phi) is 10.4. The van der Waals surface area contributed by atoms with Gasteiger partial charge in [-0.05, 0) is 25.3 Å². The lowest BCUT2D eigenvalue weighted by Gasteiger charge is -2.32. The van der Waals surface area contributed by atoms with Crippen molar-refractivity contribution in [3.63, 3.8) is 0 Å². The number of amides is 1. The molecule has 1 rings (SSSR count). The highest BCUT2D eigenvalue weighted by Crippen LogP contribution is 2.13. The van der Waals surface area contributed by atoms with E-state index in [4.69, 9.17) is 4.74 Å². The van der Waals surface area contributed by atoms with E-state index in [9.17, 15) is 4.79 Å². The van der Waals surface area contributed by atoms with Gasteiger partial charge in [-0.1, -0.05) is 34.3 Å². The number of carbonyl (C=O) groups excluding carboxylic acids is 1. The molecular weight excluding hydrogens is 252 g/mol. The van der Waals surface area contributed by atoms with Gasteiger partial charge < -0.3 is 10.1 Å². The van der Waals surface area contributed by atoms with Crippen LogP contribution in [0.3, 0.4) is 0 Å². The summed E-state index contributed by atoms with van der Waals surface area (Å²) in [6.45, 7) is 15.3. The van der Waals surface area contributed by atoms with Crippen molar-refractivity contribution in [3.05, 3.63) is 12.2 Å². The van der Waals surface area contributed by atoms with Gasteiger partial charge in [0.2, 0.25) is 5.91 Å². The van der Waals surface area contributed by atoms with Gasteiger partial charge in [0.1, 0.15) is 0 Å². The molecule has 1 fully saturated rings. The summed E-state index contributed by atoms with van der Waals surface area (Å²) in [7, 11) is 1.75. The lowest BCUT2D eigenvalue weighted by atomic mass is 10.1. The van der Waals surface area contributed by atoms with Crippen LogP contribution in [0.5, 0.6) is 0 Å². The van der Waals surface area contributed by atoms with Crippen molar-refractivity contribution in [1.82, 2.24) is 10.2 Å². The Morgan fingerprint density at radius 3 is 2.65 bits per heavy atom. The van der Waals surface area contributed by atoms with E-state index < -0.39 is 0 Å². The van der Waals surface area contributed by atoms with Crippen molar-refractivity contribution in [2.45, 2.75) is 46.6 Å². The van der Waals surface area contributed by atoms with Crippen molar-refractivity contribution in [2.75, 3.05) is 33.3 Å². The van der Waals surface area contributed by atoms with Gasteiger partial charge >= 0.3 is 0 Å². The molecular formula is C16H32N2O2. The molecule has 1 N–H and O–H groups in total. The number of ether oxygens (including phenoxy) is 1. The predicted molar refractivity (Wildman–Crippen MR) is 84.8 cm³/mol. The topological polar surface area (TPSA) is 41.6 Å². The highest BCUT2D eigenvalue weighted by Gasteiger charge is 2.21. The van der Waals surface area contributed by atoms with Crippen molar-refractivity contribution in [3.8, 4) is 0 Å². The normalized spacial score (nSPS) is 19.2. The molecule has 1 saturated heterocycles. The maximum absolute atomic E-state index is 11.8. The number of carbonyl (C=O) groups is 1. The Morgan fingerprint density at radius 1 is 1.45 bits per heavy atom. The lowest BCUT2D eigenvalue weighted by Crippen LogP contribution is -2.42. The summed E-state index contributed by atoms with van der Waals surface area (Å²) in [5.74, 6) is 0.442. The number of nitrogens with zero attached hydrogens (tertiary/aromatic N) is 1. The molecule has 0 radical (unpaired) electrons. The van der Waals surface area contributed by atoms with Crippen molar-refractivity contribution in [1.29, 1.82) is 0 Å². The summed E-state index contributed by atoms with van der Waals surface area (Å²) in [5, 5.41) is 2.90. The molecule has 1 atom stereocenters. The number of nitrogens with one attached hydrogen (secondary N) is 1. The summed E-state index contributed by atoms with van der Waals surface area (Å²) in [4.78, 5) is 14.0. The summed E-state index contributed by atoms with van der Waals surface area (Å²) in [6.07, 6.45) is 2.53. The molecule has 1 heterocycles.